The van der Waals surface area contributed by atoms with Crippen LogP contribution in [0, 0.1) is 0 Å². The van der Waals surface area contributed by atoms with E-state index in [0.717, 1.165) is 33.9 Å². The Morgan fingerprint density at radius 3 is 2.25 bits per heavy atom. The van der Waals surface area contributed by atoms with E-state index in [2.05, 4.69) is 5.32 Å². The second-order valence-corrected chi connectivity index (χ2v) is 5.53. The topological polar surface area (TPSA) is 61.7 Å². The molecule has 0 amide bonds. The summed E-state index contributed by atoms with van der Waals surface area (Å²) in [5.41, 5.74) is 5.72. The van der Waals surface area contributed by atoms with Crippen molar-refractivity contribution in [2.75, 3.05) is 5.32 Å². The van der Waals surface area contributed by atoms with Crippen LogP contribution in [-0.2, 0) is 0 Å². The Bertz CT molecular complexity index is 959. The summed E-state index contributed by atoms with van der Waals surface area (Å²) in [4.78, 5) is 15.9. The van der Waals surface area contributed by atoms with E-state index >= 15 is 0 Å². The molecule has 0 spiro atoms. The van der Waals surface area contributed by atoms with Crippen molar-refractivity contribution in [2.45, 2.75) is 0 Å². The van der Waals surface area contributed by atoms with Crippen LogP contribution >= 0.6 is 0 Å². The number of nitrogens with one attached hydrogen (secondary N) is 1. The molecule has 4 heteroatoms. The van der Waals surface area contributed by atoms with E-state index in [1.807, 2.05) is 48.5 Å². The molecule has 0 unspecified atom stereocenters. The van der Waals surface area contributed by atoms with Crippen LogP contribution in [0.3, 0.4) is 0 Å². The summed E-state index contributed by atoms with van der Waals surface area (Å²) < 4.78 is 0. The van der Waals surface area contributed by atoms with E-state index < -0.39 is 5.97 Å². The molecular formula is C20H14N2O2. The van der Waals surface area contributed by atoms with Gasteiger partial charge in [-0.2, -0.15) is 0 Å². The zero-order valence-electron chi connectivity index (χ0n) is 12.7. The predicted molar refractivity (Wildman–Crippen MR) is 94.9 cm³/mol. The molecule has 3 aromatic carbocycles. The first-order valence-electron chi connectivity index (χ1n) is 7.60. The third-order valence-electron chi connectivity index (χ3n) is 3.99. The zero-order chi connectivity index (χ0) is 16.5. The van der Waals surface area contributed by atoms with Gasteiger partial charge in [0, 0.05) is 16.8 Å². The molecule has 1 aliphatic rings. The summed E-state index contributed by atoms with van der Waals surface area (Å²) >= 11 is 0. The highest BCUT2D eigenvalue weighted by Gasteiger charge is 2.17. The molecule has 0 saturated carbocycles. The fourth-order valence-corrected chi connectivity index (χ4v) is 2.79. The van der Waals surface area contributed by atoms with Crippen LogP contribution in [0.25, 0.3) is 0 Å². The molecule has 0 radical (unpaired) electrons. The van der Waals surface area contributed by atoms with Gasteiger partial charge in [0.25, 0.3) is 0 Å². The van der Waals surface area contributed by atoms with Crippen molar-refractivity contribution in [3.63, 3.8) is 0 Å². The Morgan fingerprint density at radius 1 is 0.833 bits per heavy atom. The van der Waals surface area contributed by atoms with Gasteiger partial charge in [0.15, 0.2) is 0 Å². The van der Waals surface area contributed by atoms with Crippen LogP contribution in [0.4, 0.5) is 17.1 Å². The lowest BCUT2D eigenvalue weighted by Crippen LogP contribution is -2.05. The van der Waals surface area contributed by atoms with E-state index in [1.165, 1.54) is 0 Å². The van der Waals surface area contributed by atoms with Gasteiger partial charge in [0.2, 0.25) is 0 Å². The number of para-hydroxylation sites is 3. The van der Waals surface area contributed by atoms with Crippen LogP contribution in [0.15, 0.2) is 77.8 Å². The number of rotatable bonds is 2. The lowest BCUT2D eigenvalue weighted by atomic mass is 9.99. The molecule has 0 aromatic heterocycles. The molecule has 0 atom stereocenters. The van der Waals surface area contributed by atoms with Crippen molar-refractivity contribution in [1.29, 1.82) is 0 Å². The third-order valence-corrected chi connectivity index (χ3v) is 3.99. The fourth-order valence-electron chi connectivity index (χ4n) is 2.79. The lowest BCUT2D eigenvalue weighted by molar-refractivity contribution is 0.0697. The van der Waals surface area contributed by atoms with Crippen molar-refractivity contribution in [3.8, 4) is 0 Å². The van der Waals surface area contributed by atoms with Crippen molar-refractivity contribution in [3.05, 3.63) is 89.5 Å². The van der Waals surface area contributed by atoms with E-state index in [4.69, 9.17) is 10.1 Å². The van der Waals surface area contributed by atoms with Gasteiger partial charge in [0.05, 0.1) is 22.6 Å². The maximum absolute atomic E-state index is 11.1. The molecule has 2 N–H and O–H groups in total. The summed E-state index contributed by atoms with van der Waals surface area (Å²) in [6.45, 7) is 0. The zero-order valence-corrected chi connectivity index (χ0v) is 12.7. The van der Waals surface area contributed by atoms with Crippen molar-refractivity contribution in [2.24, 2.45) is 4.99 Å². The van der Waals surface area contributed by atoms with Crippen molar-refractivity contribution >= 4 is 28.7 Å². The number of hydrogen-bond donors (Lipinski definition) is 2. The first kappa shape index (κ1) is 14.2. The van der Waals surface area contributed by atoms with Gasteiger partial charge in [-0.05, 0) is 30.3 Å². The molecule has 3 aromatic rings. The Morgan fingerprint density at radius 2 is 1.50 bits per heavy atom. The second kappa shape index (κ2) is 5.66. The number of fused-ring (bicyclic) bond motifs is 2. The number of anilines is 2. The number of carboxylic acid groups (broad SMARTS) is 1. The molecule has 0 fully saturated rings. The second-order valence-electron chi connectivity index (χ2n) is 5.53. The Kier molecular flexibility index (Phi) is 3.35. The number of aromatic carboxylic acids is 1. The van der Waals surface area contributed by atoms with E-state index in [-0.39, 0.29) is 5.56 Å². The first-order valence-corrected chi connectivity index (χ1v) is 7.60. The highest BCUT2D eigenvalue weighted by Crippen LogP contribution is 2.35. The smallest absolute Gasteiger partial charge is 0.335 e. The van der Waals surface area contributed by atoms with Crippen LogP contribution in [0.2, 0.25) is 0 Å². The normalized spacial score (nSPS) is 12.2. The largest absolute Gasteiger partial charge is 0.478 e. The fraction of sp³-hybridized carbons (Fsp3) is 0. The molecule has 116 valence electrons. The molecule has 1 heterocycles. The highest BCUT2D eigenvalue weighted by atomic mass is 16.4. The number of hydrogen-bond acceptors (Lipinski definition) is 3. The van der Waals surface area contributed by atoms with Crippen LogP contribution in [0.1, 0.15) is 21.5 Å². The Hall–Kier alpha value is -3.40. The summed E-state index contributed by atoms with van der Waals surface area (Å²) in [6.07, 6.45) is 0. The van der Waals surface area contributed by atoms with Gasteiger partial charge < -0.3 is 10.4 Å². The Balaban J connectivity index is 1.91. The summed E-state index contributed by atoms with van der Waals surface area (Å²) in [5, 5.41) is 12.5. The minimum atomic E-state index is -0.934. The molecule has 24 heavy (non-hydrogen) atoms. The number of benzene rings is 3. The van der Waals surface area contributed by atoms with E-state index in [9.17, 15) is 4.79 Å². The van der Waals surface area contributed by atoms with Crippen molar-refractivity contribution in [1.82, 2.24) is 0 Å². The van der Waals surface area contributed by atoms with Crippen LogP contribution in [0.5, 0.6) is 0 Å². The molecule has 0 bridgehead atoms. The third kappa shape index (κ3) is 2.44. The van der Waals surface area contributed by atoms with Gasteiger partial charge in [-0.3, -0.25) is 0 Å². The summed E-state index contributed by atoms with van der Waals surface area (Å²) in [5.74, 6) is -0.934. The number of aliphatic imine (C=N–C) groups is 1. The first-order chi connectivity index (χ1) is 11.7. The van der Waals surface area contributed by atoms with Gasteiger partial charge >= 0.3 is 5.97 Å². The summed E-state index contributed by atoms with van der Waals surface area (Å²) in [7, 11) is 0. The maximum atomic E-state index is 11.1. The molecule has 4 rings (SSSR count). The number of carbonyl (C=O) groups is 1. The molecule has 0 saturated heterocycles. The molecule has 0 aliphatic carbocycles. The van der Waals surface area contributed by atoms with E-state index in [1.54, 1.807) is 24.3 Å². The predicted octanol–water partition coefficient (Wildman–Crippen LogP) is 4.61. The maximum Gasteiger partial charge on any atom is 0.335 e. The number of carboxylic acids is 1. The standard InChI is InChI=1S/C20H14N2O2/c23-20(24)14-11-9-13(10-12-14)19-15-5-1-2-6-16(15)21-17-7-3-4-8-18(17)22-19/h1-12,21H,(H,23,24). The Labute approximate surface area is 139 Å². The molecular weight excluding hydrogens is 300 g/mol. The minimum absolute atomic E-state index is 0.264. The summed E-state index contributed by atoms with van der Waals surface area (Å²) in [6, 6.07) is 22.6. The van der Waals surface area contributed by atoms with E-state index in [0.29, 0.717) is 0 Å². The quantitative estimate of drug-likeness (QED) is 0.568. The van der Waals surface area contributed by atoms with Gasteiger partial charge in [0.1, 0.15) is 0 Å². The molecule has 4 nitrogen and oxygen atoms in total. The van der Waals surface area contributed by atoms with Crippen LogP contribution in [-0.4, -0.2) is 16.8 Å². The number of nitrogens with zero attached hydrogens (tertiary/aromatic N) is 1. The highest BCUT2D eigenvalue weighted by molar-refractivity contribution is 6.18. The van der Waals surface area contributed by atoms with Crippen molar-refractivity contribution < 1.29 is 9.90 Å². The van der Waals surface area contributed by atoms with Gasteiger partial charge in [-0.1, -0.05) is 42.5 Å². The lowest BCUT2D eigenvalue weighted by Gasteiger charge is -2.10. The monoisotopic (exact) mass is 314 g/mol. The van der Waals surface area contributed by atoms with Gasteiger partial charge in [-0.15, -0.1) is 0 Å². The minimum Gasteiger partial charge on any atom is -0.478 e. The van der Waals surface area contributed by atoms with Crippen LogP contribution < -0.4 is 5.32 Å². The molecule has 1 aliphatic heterocycles. The van der Waals surface area contributed by atoms with Gasteiger partial charge in [-0.25, -0.2) is 9.79 Å². The average Bonchev–Trinajstić information content (AvgIpc) is 2.78. The average molecular weight is 314 g/mol. The SMILES string of the molecule is O=C(O)c1ccc(C2=Nc3ccccc3Nc3ccccc32)cc1.